The van der Waals surface area contributed by atoms with Gasteiger partial charge < -0.3 is 14.2 Å². The van der Waals surface area contributed by atoms with Crippen molar-refractivity contribution in [1.29, 1.82) is 0 Å². The lowest BCUT2D eigenvalue weighted by atomic mass is 10.1. The van der Waals surface area contributed by atoms with Gasteiger partial charge in [0.15, 0.2) is 16.7 Å². The second-order valence-electron chi connectivity index (χ2n) is 7.63. The van der Waals surface area contributed by atoms with Gasteiger partial charge in [-0.25, -0.2) is 9.97 Å². The second-order valence-corrected chi connectivity index (χ2v) is 8.57. The maximum Gasteiger partial charge on any atom is 0.269 e. The predicted octanol–water partition coefficient (Wildman–Crippen LogP) is 3.42. The van der Waals surface area contributed by atoms with Crippen LogP contribution in [0.5, 0.6) is 17.2 Å². The molecule has 0 saturated heterocycles. The molecule has 0 spiro atoms. The van der Waals surface area contributed by atoms with Gasteiger partial charge in [0.1, 0.15) is 0 Å². The smallest absolute Gasteiger partial charge is 0.269 e. The molecule has 184 valence electrons. The normalized spacial score (nSPS) is 10.4. The summed E-state index contributed by atoms with van der Waals surface area (Å²) in [5.41, 5.74) is 8.82. The van der Waals surface area contributed by atoms with Gasteiger partial charge in [0.2, 0.25) is 11.7 Å². The zero-order valence-electron chi connectivity index (χ0n) is 20.3. The number of carbonyl (C=O) groups is 2. The van der Waals surface area contributed by atoms with E-state index in [1.165, 1.54) is 33.1 Å². The van der Waals surface area contributed by atoms with Crippen molar-refractivity contribution in [2.75, 3.05) is 21.3 Å². The van der Waals surface area contributed by atoms with E-state index in [0.29, 0.717) is 34.1 Å². The molecule has 0 bridgehead atoms. The van der Waals surface area contributed by atoms with Crippen molar-refractivity contribution < 1.29 is 23.8 Å². The van der Waals surface area contributed by atoms with Crippen LogP contribution in [0.4, 0.5) is 0 Å². The third kappa shape index (κ3) is 7.10. The molecule has 0 atom stereocenters. The molecule has 10 heteroatoms. The maximum atomic E-state index is 12.4. The van der Waals surface area contributed by atoms with Crippen LogP contribution in [0.15, 0.2) is 47.6 Å². The number of hydrogen-bond acceptors (Lipinski definition) is 8. The molecule has 0 saturated carbocycles. The van der Waals surface area contributed by atoms with E-state index in [2.05, 4.69) is 20.8 Å². The van der Waals surface area contributed by atoms with Gasteiger partial charge in [0.05, 0.1) is 27.8 Å². The van der Waals surface area contributed by atoms with Crippen LogP contribution in [0.3, 0.4) is 0 Å². The molecule has 35 heavy (non-hydrogen) atoms. The number of hydrogen-bond donors (Lipinski definition) is 2. The first-order valence-corrected chi connectivity index (χ1v) is 11.7. The molecular formula is C25H28N4O5S. The Morgan fingerprint density at radius 1 is 0.829 bits per heavy atom. The zero-order chi connectivity index (χ0) is 25.4. The number of nitrogens with zero attached hydrogens (tertiary/aromatic N) is 2. The summed E-state index contributed by atoms with van der Waals surface area (Å²) < 4.78 is 15.9. The van der Waals surface area contributed by atoms with E-state index in [0.717, 1.165) is 22.1 Å². The first-order chi connectivity index (χ1) is 16.8. The summed E-state index contributed by atoms with van der Waals surface area (Å²) in [5, 5.41) is 0.721. The fraction of sp³-hybridized carbons (Fsp3) is 0.280. The topological polar surface area (TPSA) is 112 Å². The molecule has 1 heterocycles. The highest BCUT2D eigenvalue weighted by Crippen LogP contribution is 2.38. The van der Waals surface area contributed by atoms with E-state index >= 15 is 0 Å². The molecule has 9 nitrogen and oxygen atoms in total. The number of ether oxygens (including phenoxy) is 3. The van der Waals surface area contributed by atoms with Gasteiger partial charge in [-0.05, 0) is 55.3 Å². The third-order valence-corrected chi connectivity index (χ3v) is 5.87. The highest BCUT2D eigenvalue weighted by Gasteiger charge is 2.15. The molecule has 3 aromatic rings. The Kier molecular flexibility index (Phi) is 8.91. The molecule has 0 fully saturated rings. The fourth-order valence-corrected chi connectivity index (χ4v) is 4.23. The molecule has 2 aromatic carbocycles. The lowest BCUT2D eigenvalue weighted by molar-refractivity contribution is -0.121. The molecule has 0 aliphatic heterocycles. The molecule has 1 aromatic heterocycles. The molecular weight excluding hydrogens is 468 g/mol. The number of nitrogens with one attached hydrogen (secondary N) is 2. The van der Waals surface area contributed by atoms with Crippen LogP contribution in [0.25, 0.3) is 0 Å². The highest BCUT2D eigenvalue weighted by molar-refractivity contribution is 7.98. The Labute approximate surface area is 208 Å². The quantitative estimate of drug-likeness (QED) is 0.263. The minimum Gasteiger partial charge on any atom is -0.493 e. The first-order valence-electron chi connectivity index (χ1n) is 10.7. The standard InChI is InChI=1S/C25H28N4O5S/c1-15-10-16(2)27-25(26-15)35-14-17-6-8-19(9-7-17)24(31)29-28-22(30)13-18-11-20(32-3)23(34-5)21(12-18)33-4/h6-12H,13-14H2,1-5H3,(H,28,30)(H,29,31). The van der Waals surface area contributed by atoms with Crippen LogP contribution in [0.1, 0.15) is 32.9 Å². The van der Waals surface area contributed by atoms with Crippen LogP contribution < -0.4 is 25.1 Å². The van der Waals surface area contributed by atoms with Crippen molar-refractivity contribution >= 4 is 23.6 Å². The maximum absolute atomic E-state index is 12.4. The summed E-state index contributed by atoms with van der Waals surface area (Å²) in [6.07, 6.45) is 0.00760. The van der Waals surface area contributed by atoms with Gasteiger partial charge in [0, 0.05) is 22.7 Å². The Hall–Kier alpha value is -3.79. The molecule has 0 unspecified atom stereocenters. The van der Waals surface area contributed by atoms with E-state index in [4.69, 9.17) is 14.2 Å². The number of thioether (sulfide) groups is 1. The van der Waals surface area contributed by atoms with Crippen molar-refractivity contribution in [3.05, 3.63) is 70.5 Å². The number of carbonyl (C=O) groups excluding carboxylic acids is 2. The number of aryl methyl sites for hydroxylation is 2. The summed E-state index contributed by atoms with van der Waals surface area (Å²) in [6, 6.07) is 12.4. The minimum atomic E-state index is -0.417. The van der Waals surface area contributed by atoms with E-state index < -0.39 is 11.8 Å². The minimum absolute atomic E-state index is 0.00760. The van der Waals surface area contributed by atoms with Crippen molar-refractivity contribution in [3.63, 3.8) is 0 Å². The highest BCUT2D eigenvalue weighted by atomic mass is 32.2. The number of amides is 2. The largest absolute Gasteiger partial charge is 0.493 e. The average molecular weight is 497 g/mol. The summed E-state index contributed by atoms with van der Waals surface area (Å²) in [6.45, 7) is 3.88. The van der Waals surface area contributed by atoms with Crippen LogP contribution in [-0.2, 0) is 17.0 Å². The average Bonchev–Trinajstić information content (AvgIpc) is 2.85. The Morgan fingerprint density at radius 3 is 1.97 bits per heavy atom. The molecule has 0 aliphatic rings. The fourth-order valence-electron chi connectivity index (χ4n) is 3.32. The van der Waals surface area contributed by atoms with Crippen LogP contribution in [-0.4, -0.2) is 43.1 Å². The van der Waals surface area contributed by atoms with E-state index in [1.54, 1.807) is 24.3 Å². The summed E-state index contributed by atoms with van der Waals surface area (Å²) in [5.74, 6) is 1.20. The zero-order valence-corrected chi connectivity index (χ0v) is 21.1. The molecule has 0 aliphatic carbocycles. The van der Waals surface area contributed by atoms with Gasteiger partial charge in [-0.15, -0.1) is 0 Å². The van der Waals surface area contributed by atoms with Gasteiger partial charge in [-0.2, -0.15) is 0 Å². The number of benzene rings is 2. The lowest BCUT2D eigenvalue weighted by Gasteiger charge is -2.14. The van der Waals surface area contributed by atoms with Crippen molar-refractivity contribution in [2.45, 2.75) is 31.2 Å². The van der Waals surface area contributed by atoms with Gasteiger partial charge in [-0.3, -0.25) is 20.4 Å². The SMILES string of the molecule is COc1cc(CC(=O)NNC(=O)c2ccc(CSc3nc(C)cc(C)n3)cc2)cc(OC)c1OC. The van der Waals surface area contributed by atoms with Crippen molar-refractivity contribution in [3.8, 4) is 17.2 Å². The number of hydrazine groups is 1. The van der Waals surface area contributed by atoms with Crippen LogP contribution in [0.2, 0.25) is 0 Å². The van der Waals surface area contributed by atoms with Crippen molar-refractivity contribution in [1.82, 2.24) is 20.8 Å². The summed E-state index contributed by atoms with van der Waals surface area (Å²) in [7, 11) is 4.51. The molecule has 2 amide bonds. The van der Waals surface area contributed by atoms with E-state index in [9.17, 15) is 9.59 Å². The van der Waals surface area contributed by atoms with Gasteiger partial charge in [0.25, 0.3) is 5.91 Å². The molecule has 3 rings (SSSR count). The monoisotopic (exact) mass is 496 g/mol. The van der Waals surface area contributed by atoms with Crippen LogP contribution >= 0.6 is 11.8 Å². The van der Waals surface area contributed by atoms with E-state index in [1.807, 2.05) is 32.0 Å². The lowest BCUT2D eigenvalue weighted by Crippen LogP contribution is -2.42. The molecule has 2 N–H and O–H groups in total. The predicted molar refractivity (Wildman–Crippen MR) is 133 cm³/mol. The van der Waals surface area contributed by atoms with Gasteiger partial charge >= 0.3 is 0 Å². The number of methoxy groups -OCH3 is 3. The first kappa shape index (κ1) is 25.8. The summed E-state index contributed by atoms with van der Waals surface area (Å²) >= 11 is 1.53. The second kappa shape index (κ2) is 12.1. The van der Waals surface area contributed by atoms with E-state index in [-0.39, 0.29) is 6.42 Å². The molecule has 0 radical (unpaired) electrons. The van der Waals surface area contributed by atoms with Gasteiger partial charge in [-0.1, -0.05) is 23.9 Å². The summed E-state index contributed by atoms with van der Waals surface area (Å²) in [4.78, 5) is 33.7. The third-order valence-electron chi connectivity index (χ3n) is 4.95. The number of aromatic nitrogens is 2. The van der Waals surface area contributed by atoms with Crippen molar-refractivity contribution in [2.24, 2.45) is 0 Å². The number of rotatable bonds is 9. The van der Waals surface area contributed by atoms with Crippen LogP contribution in [0, 0.1) is 13.8 Å². The Bertz CT molecular complexity index is 1160. The Morgan fingerprint density at radius 2 is 1.43 bits per heavy atom. The Balaban J connectivity index is 1.53.